The van der Waals surface area contributed by atoms with Gasteiger partial charge in [-0.1, -0.05) is 0 Å². The Morgan fingerprint density at radius 2 is 2.29 bits per heavy atom. The van der Waals surface area contributed by atoms with Crippen molar-refractivity contribution in [1.82, 2.24) is 9.80 Å². The van der Waals surface area contributed by atoms with Crippen LogP contribution in [0.25, 0.3) is 0 Å². The van der Waals surface area contributed by atoms with E-state index in [1.54, 1.807) is 6.92 Å². The SMILES string of the molecule is CC(=O)N(C)CCC1CCCN(C)C1. The first-order chi connectivity index (χ1) is 6.59. The molecule has 14 heavy (non-hydrogen) atoms. The van der Waals surface area contributed by atoms with Crippen molar-refractivity contribution in [3.63, 3.8) is 0 Å². The number of rotatable bonds is 3. The largest absolute Gasteiger partial charge is 0.346 e. The van der Waals surface area contributed by atoms with Gasteiger partial charge in [0.2, 0.25) is 5.91 Å². The van der Waals surface area contributed by atoms with Gasteiger partial charge in [-0.3, -0.25) is 4.79 Å². The Morgan fingerprint density at radius 3 is 2.86 bits per heavy atom. The van der Waals surface area contributed by atoms with Gasteiger partial charge in [0.15, 0.2) is 0 Å². The van der Waals surface area contributed by atoms with Gasteiger partial charge in [-0.05, 0) is 38.8 Å². The lowest BCUT2D eigenvalue weighted by molar-refractivity contribution is -0.127. The summed E-state index contributed by atoms with van der Waals surface area (Å²) in [5, 5.41) is 0. The molecule has 0 radical (unpaired) electrons. The molecule has 0 spiro atoms. The molecule has 1 amide bonds. The predicted octanol–water partition coefficient (Wildman–Crippen LogP) is 1.20. The minimum Gasteiger partial charge on any atom is -0.346 e. The van der Waals surface area contributed by atoms with Gasteiger partial charge in [0.05, 0.1) is 0 Å². The van der Waals surface area contributed by atoms with Crippen molar-refractivity contribution < 1.29 is 4.79 Å². The number of hydrogen-bond donors (Lipinski definition) is 0. The zero-order valence-corrected chi connectivity index (χ0v) is 9.62. The number of carbonyl (C=O) groups is 1. The van der Waals surface area contributed by atoms with Gasteiger partial charge in [0, 0.05) is 27.1 Å². The van der Waals surface area contributed by atoms with Crippen LogP contribution in [0.5, 0.6) is 0 Å². The van der Waals surface area contributed by atoms with Crippen molar-refractivity contribution in [1.29, 1.82) is 0 Å². The van der Waals surface area contributed by atoms with Crippen molar-refractivity contribution in [2.45, 2.75) is 26.2 Å². The smallest absolute Gasteiger partial charge is 0.219 e. The molecule has 0 saturated carbocycles. The highest BCUT2D eigenvalue weighted by molar-refractivity contribution is 5.72. The summed E-state index contributed by atoms with van der Waals surface area (Å²) in [6.07, 6.45) is 3.79. The van der Waals surface area contributed by atoms with Crippen LogP contribution in [-0.2, 0) is 4.79 Å². The molecule has 0 aromatic carbocycles. The molecule has 1 fully saturated rings. The first kappa shape index (κ1) is 11.5. The van der Waals surface area contributed by atoms with Crippen LogP contribution in [0.4, 0.5) is 0 Å². The van der Waals surface area contributed by atoms with Crippen LogP contribution in [0.1, 0.15) is 26.2 Å². The fourth-order valence-corrected chi connectivity index (χ4v) is 2.04. The van der Waals surface area contributed by atoms with E-state index in [0.29, 0.717) is 0 Å². The van der Waals surface area contributed by atoms with Gasteiger partial charge in [0.1, 0.15) is 0 Å². The van der Waals surface area contributed by atoms with E-state index in [0.717, 1.165) is 18.9 Å². The van der Waals surface area contributed by atoms with E-state index < -0.39 is 0 Å². The highest BCUT2D eigenvalue weighted by Gasteiger charge is 2.17. The maximum atomic E-state index is 11.0. The Kier molecular flexibility index (Phi) is 4.39. The first-order valence-electron chi connectivity index (χ1n) is 5.50. The summed E-state index contributed by atoms with van der Waals surface area (Å²) in [4.78, 5) is 15.2. The summed E-state index contributed by atoms with van der Waals surface area (Å²) < 4.78 is 0. The summed E-state index contributed by atoms with van der Waals surface area (Å²) in [6, 6.07) is 0. The van der Waals surface area contributed by atoms with Gasteiger partial charge in [-0.2, -0.15) is 0 Å². The lowest BCUT2D eigenvalue weighted by Crippen LogP contribution is -2.34. The number of hydrogen-bond acceptors (Lipinski definition) is 2. The van der Waals surface area contributed by atoms with Crippen LogP contribution in [0, 0.1) is 5.92 Å². The maximum absolute atomic E-state index is 11.0. The third-order valence-corrected chi connectivity index (χ3v) is 3.13. The quantitative estimate of drug-likeness (QED) is 0.680. The number of nitrogens with zero attached hydrogens (tertiary/aromatic N) is 2. The lowest BCUT2D eigenvalue weighted by atomic mass is 9.95. The lowest BCUT2D eigenvalue weighted by Gasteiger charge is -2.30. The average molecular weight is 198 g/mol. The van der Waals surface area contributed by atoms with Crippen LogP contribution >= 0.6 is 0 Å². The Balaban J connectivity index is 2.20. The molecule has 82 valence electrons. The molecule has 0 aromatic heterocycles. The molecule has 0 aromatic rings. The molecule has 3 heteroatoms. The monoisotopic (exact) mass is 198 g/mol. The molecule has 1 aliphatic rings. The third-order valence-electron chi connectivity index (χ3n) is 3.13. The normalized spacial score (nSPS) is 23.5. The molecule has 1 atom stereocenters. The number of piperidine rings is 1. The van der Waals surface area contributed by atoms with Gasteiger partial charge in [-0.15, -0.1) is 0 Å². The average Bonchev–Trinajstić information content (AvgIpc) is 2.14. The second kappa shape index (κ2) is 5.35. The fourth-order valence-electron chi connectivity index (χ4n) is 2.04. The number of likely N-dealkylation sites (tertiary alicyclic amines) is 1. The Hall–Kier alpha value is -0.570. The topological polar surface area (TPSA) is 23.6 Å². The molecule has 0 aliphatic carbocycles. The van der Waals surface area contributed by atoms with E-state index in [9.17, 15) is 4.79 Å². The predicted molar refractivity (Wildman–Crippen MR) is 58.1 cm³/mol. The van der Waals surface area contributed by atoms with E-state index in [4.69, 9.17) is 0 Å². The van der Waals surface area contributed by atoms with Gasteiger partial charge in [0.25, 0.3) is 0 Å². The van der Waals surface area contributed by atoms with Crippen molar-refractivity contribution in [2.75, 3.05) is 33.7 Å². The minimum atomic E-state index is 0.175. The van der Waals surface area contributed by atoms with E-state index in [1.165, 1.54) is 25.9 Å². The number of carbonyl (C=O) groups excluding carboxylic acids is 1. The van der Waals surface area contributed by atoms with Crippen molar-refractivity contribution in [3.05, 3.63) is 0 Å². The Labute approximate surface area is 87.1 Å². The molecular formula is C11H22N2O. The number of amides is 1. The van der Waals surface area contributed by atoms with Crippen molar-refractivity contribution >= 4 is 5.91 Å². The Bertz CT molecular complexity index is 194. The van der Waals surface area contributed by atoms with Crippen molar-refractivity contribution in [3.8, 4) is 0 Å². The molecule has 0 N–H and O–H groups in total. The summed E-state index contributed by atoms with van der Waals surface area (Å²) in [5.74, 6) is 0.963. The maximum Gasteiger partial charge on any atom is 0.219 e. The summed E-state index contributed by atoms with van der Waals surface area (Å²) in [7, 11) is 4.07. The van der Waals surface area contributed by atoms with Gasteiger partial charge >= 0.3 is 0 Å². The van der Waals surface area contributed by atoms with Crippen molar-refractivity contribution in [2.24, 2.45) is 5.92 Å². The third kappa shape index (κ3) is 3.66. The molecule has 1 aliphatic heterocycles. The van der Waals surface area contributed by atoms with Crippen LogP contribution in [-0.4, -0.2) is 49.4 Å². The Morgan fingerprint density at radius 1 is 1.57 bits per heavy atom. The standard InChI is InChI=1S/C11H22N2O/c1-10(14)13(3)8-6-11-5-4-7-12(2)9-11/h11H,4-9H2,1-3H3. The van der Waals surface area contributed by atoms with Crippen LogP contribution in [0.3, 0.4) is 0 Å². The second-order valence-corrected chi connectivity index (χ2v) is 4.50. The first-order valence-corrected chi connectivity index (χ1v) is 5.50. The van der Waals surface area contributed by atoms with E-state index >= 15 is 0 Å². The molecule has 1 unspecified atom stereocenters. The summed E-state index contributed by atoms with van der Waals surface area (Å²) >= 11 is 0. The van der Waals surface area contributed by atoms with E-state index in [1.807, 2.05) is 11.9 Å². The molecule has 1 saturated heterocycles. The summed E-state index contributed by atoms with van der Waals surface area (Å²) in [6.45, 7) is 4.98. The van der Waals surface area contributed by atoms with Gasteiger partial charge < -0.3 is 9.80 Å². The van der Waals surface area contributed by atoms with Crippen LogP contribution in [0.15, 0.2) is 0 Å². The van der Waals surface area contributed by atoms with Gasteiger partial charge in [-0.25, -0.2) is 0 Å². The molecular weight excluding hydrogens is 176 g/mol. The highest BCUT2D eigenvalue weighted by atomic mass is 16.2. The summed E-state index contributed by atoms with van der Waals surface area (Å²) in [5.41, 5.74) is 0. The molecule has 3 nitrogen and oxygen atoms in total. The minimum absolute atomic E-state index is 0.175. The zero-order chi connectivity index (χ0) is 10.6. The fraction of sp³-hybridized carbons (Fsp3) is 0.909. The molecule has 0 bridgehead atoms. The van der Waals surface area contributed by atoms with E-state index in [-0.39, 0.29) is 5.91 Å². The molecule has 1 rings (SSSR count). The van der Waals surface area contributed by atoms with Crippen LogP contribution in [0.2, 0.25) is 0 Å². The van der Waals surface area contributed by atoms with E-state index in [2.05, 4.69) is 11.9 Å². The second-order valence-electron chi connectivity index (χ2n) is 4.50. The zero-order valence-electron chi connectivity index (χ0n) is 9.62. The van der Waals surface area contributed by atoms with Crippen LogP contribution < -0.4 is 0 Å². The molecule has 1 heterocycles. The highest BCUT2D eigenvalue weighted by Crippen LogP contribution is 2.18.